The molecule has 0 bridgehead atoms. The minimum Gasteiger partial charge on any atom is -0.493 e. The number of ether oxygens (including phenoxy) is 4. The summed E-state index contributed by atoms with van der Waals surface area (Å²) in [6.07, 6.45) is 1.32. The van der Waals surface area contributed by atoms with E-state index in [0.717, 1.165) is 18.4 Å². The number of carbonyl (C=O) groups excluding carboxylic acids is 2. The first-order chi connectivity index (χ1) is 18.4. The maximum Gasteiger partial charge on any atom is 0.338 e. The molecule has 0 radical (unpaired) electrons. The van der Waals surface area contributed by atoms with E-state index in [1.807, 2.05) is 30.3 Å². The lowest BCUT2D eigenvalue weighted by molar-refractivity contribution is -0.00134. The highest BCUT2D eigenvalue weighted by atomic mass is 16.6. The number of hydrogen-bond acceptors (Lipinski definition) is 6. The van der Waals surface area contributed by atoms with Crippen LogP contribution in [0.1, 0.15) is 72.9 Å². The van der Waals surface area contributed by atoms with Crippen LogP contribution in [0.15, 0.2) is 78.9 Å². The van der Waals surface area contributed by atoms with Crippen molar-refractivity contribution in [1.29, 1.82) is 0 Å². The average Bonchev–Trinajstić information content (AvgIpc) is 2.97. The van der Waals surface area contributed by atoms with Crippen LogP contribution in [0.4, 0.5) is 0 Å². The van der Waals surface area contributed by atoms with Crippen molar-refractivity contribution < 1.29 is 28.5 Å². The van der Waals surface area contributed by atoms with Crippen molar-refractivity contribution in [1.82, 2.24) is 0 Å². The summed E-state index contributed by atoms with van der Waals surface area (Å²) in [6.45, 7) is 9.62. The first-order valence-corrected chi connectivity index (χ1v) is 13.3. The lowest BCUT2D eigenvalue weighted by Gasteiger charge is -2.19. The summed E-state index contributed by atoms with van der Waals surface area (Å²) < 4.78 is 22.8. The Morgan fingerprint density at radius 2 is 1.11 bits per heavy atom. The molecule has 6 heteroatoms. The second kappa shape index (κ2) is 14.8. The SMILES string of the molecule is CC[C@@H](C)COc1ccc(C(=O)OCC(OC(=O)c2ccc(OC[C@H](C)CC)cc2)c2ccccc2)cc1. The summed E-state index contributed by atoms with van der Waals surface area (Å²) in [5.74, 6) is 1.30. The smallest absolute Gasteiger partial charge is 0.338 e. The maximum atomic E-state index is 12.9. The first kappa shape index (κ1) is 28.8. The zero-order chi connectivity index (χ0) is 27.3. The molecular formula is C32H38O6. The summed E-state index contributed by atoms with van der Waals surface area (Å²) in [5.41, 5.74) is 1.52. The molecule has 1 unspecified atom stereocenters. The molecule has 0 heterocycles. The molecule has 6 nitrogen and oxygen atoms in total. The highest BCUT2D eigenvalue weighted by molar-refractivity contribution is 5.90. The van der Waals surface area contributed by atoms with Crippen LogP contribution < -0.4 is 9.47 Å². The third-order valence-corrected chi connectivity index (χ3v) is 6.43. The van der Waals surface area contributed by atoms with Crippen molar-refractivity contribution in [3.63, 3.8) is 0 Å². The summed E-state index contributed by atoms with van der Waals surface area (Å²) in [6, 6.07) is 22.9. The molecule has 0 aliphatic heterocycles. The van der Waals surface area contributed by atoms with Gasteiger partial charge in [0.05, 0.1) is 24.3 Å². The largest absolute Gasteiger partial charge is 0.493 e. The molecule has 0 fully saturated rings. The van der Waals surface area contributed by atoms with Gasteiger partial charge in [-0.2, -0.15) is 0 Å². The Morgan fingerprint density at radius 1 is 0.632 bits per heavy atom. The van der Waals surface area contributed by atoms with Crippen LogP contribution in [0, 0.1) is 11.8 Å². The topological polar surface area (TPSA) is 71.1 Å². The second-order valence-corrected chi connectivity index (χ2v) is 9.60. The first-order valence-electron chi connectivity index (χ1n) is 13.3. The predicted molar refractivity (Wildman–Crippen MR) is 148 cm³/mol. The number of benzene rings is 3. The number of rotatable bonds is 14. The van der Waals surface area contributed by atoms with E-state index in [0.29, 0.717) is 47.7 Å². The van der Waals surface area contributed by atoms with Gasteiger partial charge < -0.3 is 18.9 Å². The molecule has 3 aromatic carbocycles. The van der Waals surface area contributed by atoms with Gasteiger partial charge in [-0.15, -0.1) is 0 Å². The minimum atomic E-state index is -0.757. The van der Waals surface area contributed by atoms with Gasteiger partial charge >= 0.3 is 11.9 Å². The van der Waals surface area contributed by atoms with Crippen molar-refractivity contribution in [2.45, 2.75) is 46.6 Å². The van der Waals surface area contributed by atoms with Gasteiger partial charge in [0.15, 0.2) is 6.10 Å². The third kappa shape index (κ3) is 8.94. The zero-order valence-electron chi connectivity index (χ0n) is 22.7. The molecule has 0 aliphatic rings. The van der Waals surface area contributed by atoms with E-state index in [1.54, 1.807) is 48.5 Å². The van der Waals surface area contributed by atoms with Crippen molar-refractivity contribution in [2.75, 3.05) is 19.8 Å². The highest BCUT2D eigenvalue weighted by Crippen LogP contribution is 2.22. The molecule has 0 aromatic heterocycles. The molecule has 0 aliphatic carbocycles. The molecule has 0 saturated carbocycles. The number of carbonyl (C=O) groups is 2. The van der Waals surface area contributed by atoms with Crippen LogP contribution in [0.25, 0.3) is 0 Å². The molecule has 202 valence electrons. The average molecular weight is 519 g/mol. The van der Waals surface area contributed by atoms with Crippen molar-refractivity contribution >= 4 is 11.9 Å². The molecule has 0 N–H and O–H groups in total. The van der Waals surface area contributed by atoms with E-state index >= 15 is 0 Å². The fourth-order valence-corrected chi connectivity index (χ4v) is 3.39. The van der Waals surface area contributed by atoms with Gasteiger partial charge in [-0.1, -0.05) is 70.9 Å². The zero-order valence-corrected chi connectivity index (χ0v) is 22.7. The van der Waals surface area contributed by atoms with Crippen molar-refractivity contribution in [3.05, 3.63) is 95.6 Å². The van der Waals surface area contributed by atoms with Gasteiger partial charge in [-0.05, 0) is 65.9 Å². The molecular weight excluding hydrogens is 480 g/mol. The lowest BCUT2D eigenvalue weighted by atomic mass is 10.1. The normalized spacial score (nSPS) is 13.2. The Labute approximate surface area is 225 Å². The Bertz CT molecular complexity index is 1120. The fourth-order valence-electron chi connectivity index (χ4n) is 3.39. The van der Waals surface area contributed by atoms with Crippen LogP contribution in [-0.2, 0) is 9.47 Å². The molecule has 3 rings (SSSR count). The van der Waals surface area contributed by atoms with Crippen LogP contribution in [0.2, 0.25) is 0 Å². The summed E-state index contributed by atoms with van der Waals surface area (Å²) in [4.78, 5) is 25.6. The van der Waals surface area contributed by atoms with Crippen molar-refractivity contribution in [3.8, 4) is 11.5 Å². The molecule has 3 atom stereocenters. The number of esters is 2. The minimum absolute atomic E-state index is 0.114. The van der Waals surface area contributed by atoms with Gasteiger partial charge in [0.1, 0.15) is 18.1 Å². The monoisotopic (exact) mass is 518 g/mol. The highest BCUT2D eigenvalue weighted by Gasteiger charge is 2.21. The van der Waals surface area contributed by atoms with E-state index < -0.39 is 18.0 Å². The van der Waals surface area contributed by atoms with E-state index in [4.69, 9.17) is 18.9 Å². The summed E-state index contributed by atoms with van der Waals surface area (Å²) >= 11 is 0. The molecule has 0 amide bonds. The Balaban J connectivity index is 1.61. The Kier molecular flexibility index (Phi) is 11.2. The van der Waals surface area contributed by atoms with E-state index in [9.17, 15) is 9.59 Å². The molecule has 3 aromatic rings. The van der Waals surface area contributed by atoms with Gasteiger partial charge in [0.25, 0.3) is 0 Å². The maximum absolute atomic E-state index is 12.9. The van der Waals surface area contributed by atoms with Gasteiger partial charge in [-0.3, -0.25) is 0 Å². The lowest BCUT2D eigenvalue weighted by Crippen LogP contribution is -2.19. The molecule has 0 spiro atoms. The van der Waals surface area contributed by atoms with Gasteiger partial charge in [-0.25, -0.2) is 9.59 Å². The summed E-state index contributed by atoms with van der Waals surface area (Å²) in [7, 11) is 0. The van der Waals surface area contributed by atoms with Crippen molar-refractivity contribution in [2.24, 2.45) is 11.8 Å². The van der Waals surface area contributed by atoms with E-state index in [-0.39, 0.29) is 6.61 Å². The van der Waals surface area contributed by atoms with Crippen LogP contribution in [0.3, 0.4) is 0 Å². The fraction of sp³-hybridized carbons (Fsp3) is 0.375. The molecule has 0 saturated heterocycles. The summed E-state index contributed by atoms with van der Waals surface area (Å²) in [5, 5.41) is 0. The number of hydrogen-bond donors (Lipinski definition) is 0. The Hall–Kier alpha value is -3.80. The van der Waals surface area contributed by atoms with Crippen LogP contribution in [-0.4, -0.2) is 31.8 Å². The quantitative estimate of drug-likeness (QED) is 0.209. The molecule has 38 heavy (non-hydrogen) atoms. The standard InChI is InChI=1S/C32H38O6/c1-5-23(3)20-35-28-16-12-26(13-17-28)31(33)37-22-30(25-10-8-7-9-11-25)38-32(34)27-14-18-29(19-15-27)36-21-24(4)6-2/h7-19,23-24,30H,5-6,20-22H2,1-4H3/t23-,24-,30?/m1/s1. The van der Waals surface area contributed by atoms with Gasteiger partial charge in [0, 0.05) is 0 Å². The predicted octanol–water partition coefficient (Wildman–Crippen LogP) is 7.29. The van der Waals surface area contributed by atoms with Gasteiger partial charge in [0.2, 0.25) is 0 Å². The van der Waals surface area contributed by atoms with E-state index in [1.165, 1.54) is 0 Å². The van der Waals surface area contributed by atoms with Crippen LogP contribution in [0.5, 0.6) is 11.5 Å². The van der Waals surface area contributed by atoms with E-state index in [2.05, 4.69) is 27.7 Å². The van der Waals surface area contributed by atoms with Crippen LogP contribution >= 0.6 is 0 Å². The Morgan fingerprint density at radius 3 is 1.58 bits per heavy atom. The third-order valence-electron chi connectivity index (χ3n) is 6.43. The second-order valence-electron chi connectivity index (χ2n) is 9.60.